The number of rotatable bonds is 6. The summed E-state index contributed by atoms with van der Waals surface area (Å²) in [6.07, 6.45) is 1.32. The molecule has 9 nitrogen and oxygen atoms in total. The molecule has 0 unspecified atom stereocenters. The third-order valence-corrected chi connectivity index (χ3v) is 4.19. The van der Waals surface area contributed by atoms with Gasteiger partial charge in [0.2, 0.25) is 5.91 Å². The molecule has 2 aromatic carbocycles. The standard InChI is InChI=1S/C20H18N6O3/c1-2-29-16-10-8-14(9-11-16)22-17(27)12-25-13-21-19-18(20(25)28)23-24-26(19)15-6-4-3-5-7-15/h3-11,13H,2,12H2,1H3,(H,22,27). The zero-order valence-electron chi connectivity index (χ0n) is 15.6. The van der Waals surface area contributed by atoms with Crippen LogP contribution in [0.5, 0.6) is 5.75 Å². The molecule has 0 saturated carbocycles. The first-order valence-electron chi connectivity index (χ1n) is 9.04. The lowest BCUT2D eigenvalue weighted by Crippen LogP contribution is -2.28. The molecule has 0 fully saturated rings. The molecule has 0 radical (unpaired) electrons. The fraction of sp³-hybridized carbons (Fsp3) is 0.150. The highest BCUT2D eigenvalue weighted by molar-refractivity contribution is 5.90. The first-order valence-corrected chi connectivity index (χ1v) is 9.04. The number of hydrogen-bond acceptors (Lipinski definition) is 6. The number of carbonyl (C=O) groups excluding carboxylic acids is 1. The minimum atomic E-state index is -0.431. The molecule has 0 aliphatic heterocycles. The van der Waals surface area contributed by atoms with E-state index < -0.39 is 5.56 Å². The highest BCUT2D eigenvalue weighted by Gasteiger charge is 2.14. The van der Waals surface area contributed by atoms with Crippen molar-refractivity contribution in [3.8, 4) is 11.4 Å². The van der Waals surface area contributed by atoms with Gasteiger partial charge >= 0.3 is 0 Å². The van der Waals surface area contributed by atoms with Gasteiger partial charge in [-0.05, 0) is 43.3 Å². The van der Waals surface area contributed by atoms with Crippen molar-refractivity contribution < 1.29 is 9.53 Å². The van der Waals surface area contributed by atoms with Crippen molar-refractivity contribution in [2.24, 2.45) is 0 Å². The molecular weight excluding hydrogens is 372 g/mol. The maximum atomic E-state index is 12.7. The van der Waals surface area contributed by atoms with E-state index in [1.54, 1.807) is 24.3 Å². The lowest BCUT2D eigenvalue weighted by atomic mass is 10.3. The summed E-state index contributed by atoms with van der Waals surface area (Å²) in [7, 11) is 0. The summed E-state index contributed by atoms with van der Waals surface area (Å²) in [4.78, 5) is 29.3. The Morgan fingerprint density at radius 3 is 2.59 bits per heavy atom. The van der Waals surface area contributed by atoms with Crippen LogP contribution in [0, 0.1) is 0 Å². The number of anilines is 1. The number of ether oxygens (including phenoxy) is 1. The summed E-state index contributed by atoms with van der Waals surface area (Å²) in [5, 5.41) is 10.7. The van der Waals surface area contributed by atoms with Crippen LogP contribution in [0.4, 0.5) is 5.69 Å². The molecule has 4 aromatic rings. The van der Waals surface area contributed by atoms with E-state index in [0.717, 1.165) is 11.4 Å². The molecule has 9 heteroatoms. The lowest BCUT2D eigenvalue weighted by Gasteiger charge is -2.08. The summed E-state index contributed by atoms with van der Waals surface area (Å²) in [5.41, 5.74) is 1.36. The Morgan fingerprint density at radius 1 is 1.10 bits per heavy atom. The first kappa shape index (κ1) is 18.4. The van der Waals surface area contributed by atoms with Gasteiger partial charge in [0.25, 0.3) is 5.56 Å². The van der Waals surface area contributed by atoms with E-state index in [1.165, 1.54) is 15.6 Å². The van der Waals surface area contributed by atoms with Crippen LogP contribution in [0.3, 0.4) is 0 Å². The minimum Gasteiger partial charge on any atom is -0.494 e. The number of hydrogen-bond donors (Lipinski definition) is 1. The van der Waals surface area contributed by atoms with E-state index in [4.69, 9.17) is 4.74 Å². The number of amides is 1. The van der Waals surface area contributed by atoms with Gasteiger partial charge < -0.3 is 10.1 Å². The SMILES string of the molecule is CCOc1ccc(NC(=O)Cn2cnc3c(nnn3-c3ccccc3)c2=O)cc1. The lowest BCUT2D eigenvalue weighted by molar-refractivity contribution is -0.116. The zero-order valence-corrected chi connectivity index (χ0v) is 15.6. The Labute approximate surface area is 165 Å². The summed E-state index contributed by atoms with van der Waals surface area (Å²) >= 11 is 0. The number of para-hydroxylation sites is 1. The van der Waals surface area contributed by atoms with Crippen LogP contribution in [0.15, 0.2) is 65.7 Å². The molecule has 2 heterocycles. The van der Waals surface area contributed by atoms with Crippen LogP contribution in [-0.4, -0.2) is 37.1 Å². The number of aromatic nitrogens is 5. The number of fused-ring (bicyclic) bond motifs is 1. The third-order valence-electron chi connectivity index (χ3n) is 4.19. The molecular formula is C20H18N6O3. The van der Waals surface area contributed by atoms with Crippen molar-refractivity contribution in [2.45, 2.75) is 13.5 Å². The quantitative estimate of drug-likeness (QED) is 0.540. The zero-order chi connectivity index (χ0) is 20.2. The van der Waals surface area contributed by atoms with Crippen LogP contribution >= 0.6 is 0 Å². The molecule has 0 aliphatic carbocycles. The Balaban J connectivity index is 1.53. The van der Waals surface area contributed by atoms with Gasteiger partial charge in [0.05, 0.1) is 12.3 Å². The van der Waals surface area contributed by atoms with Crippen molar-refractivity contribution in [1.29, 1.82) is 0 Å². The molecule has 1 N–H and O–H groups in total. The van der Waals surface area contributed by atoms with Crippen LogP contribution < -0.4 is 15.6 Å². The molecule has 0 bridgehead atoms. The Morgan fingerprint density at radius 2 is 1.86 bits per heavy atom. The smallest absolute Gasteiger partial charge is 0.284 e. The third kappa shape index (κ3) is 3.84. The van der Waals surface area contributed by atoms with Crippen molar-refractivity contribution in [2.75, 3.05) is 11.9 Å². The number of nitrogens with one attached hydrogen (secondary N) is 1. The van der Waals surface area contributed by atoms with Gasteiger partial charge in [0.1, 0.15) is 18.6 Å². The largest absolute Gasteiger partial charge is 0.494 e. The van der Waals surface area contributed by atoms with Crippen molar-refractivity contribution in [3.63, 3.8) is 0 Å². The molecule has 29 heavy (non-hydrogen) atoms. The fourth-order valence-corrected chi connectivity index (χ4v) is 2.86. The van der Waals surface area contributed by atoms with E-state index in [0.29, 0.717) is 17.9 Å². The number of nitrogens with zero attached hydrogens (tertiary/aromatic N) is 5. The van der Waals surface area contributed by atoms with Crippen LogP contribution in [0.25, 0.3) is 16.9 Å². The normalized spacial score (nSPS) is 10.8. The predicted molar refractivity (Wildman–Crippen MR) is 107 cm³/mol. The summed E-state index contributed by atoms with van der Waals surface area (Å²) < 4.78 is 8.06. The topological polar surface area (TPSA) is 104 Å². The molecule has 146 valence electrons. The van der Waals surface area contributed by atoms with Gasteiger partial charge in [-0.15, -0.1) is 5.10 Å². The van der Waals surface area contributed by atoms with Crippen LogP contribution in [-0.2, 0) is 11.3 Å². The Bertz CT molecular complexity index is 1200. The highest BCUT2D eigenvalue weighted by Crippen LogP contribution is 2.15. The van der Waals surface area contributed by atoms with Gasteiger partial charge in [0, 0.05) is 5.69 Å². The first-order chi connectivity index (χ1) is 14.2. The molecule has 0 saturated heterocycles. The summed E-state index contributed by atoms with van der Waals surface area (Å²) in [6.45, 7) is 2.28. The maximum absolute atomic E-state index is 12.7. The minimum absolute atomic E-state index is 0.102. The average Bonchev–Trinajstić information content (AvgIpc) is 3.17. The van der Waals surface area contributed by atoms with Gasteiger partial charge in [0.15, 0.2) is 11.2 Å². The molecule has 0 spiro atoms. The Kier molecular flexibility index (Phi) is 5.02. The highest BCUT2D eigenvalue weighted by atomic mass is 16.5. The second kappa shape index (κ2) is 7.93. The van der Waals surface area contributed by atoms with E-state index in [9.17, 15) is 9.59 Å². The second-order valence-corrected chi connectivity index (χ2v) is 6.19. The summed E-state index contributed by atoms with van der Waals surface area (Å²) in [6, 6.07) is 16.3. The van der Waals surface area contributed by atoms with Crippen molar-refractivity contribution in [1.82, 2.24) is 24.5 Å². The van der Waals surface area contributed by atoms with Crippen LogP contribution in [0.2, 0.25) is 0 Å². The molecule has 1 amide bonds. The van der Waals surface area contributed by atoms with Gasteiger partial charge in [-0.2, -0.15) is 4.68 Å². The Hall–Kier alpha value is -4.01. The molecule has 0 aliphatic rings. The average molecular weight is 390 g/mol. The van der Waals surface area contributed by atoms with E-state index in [-0.39, 0.29) is 18.0 Å². The second-order valence-electron chi connectivity index (χ2n) is 6.19. The molecule has 4 rings (SSSR count). The van der Waals surface area contributed by atoms with Gasteiger partial charge in [-0.25, -0.2) is 4.98 Å². The number of carbonyl (C=O) groups is 1. The van der Waals surface area contributed by atoms with Crippen molar-refractivity contribution >= 4 is 22.8 Å². The van der Waals surface area contributed by atoms with Crippen molar-refractivity contribution in [3.05, 3.63) is 71.3 Å². The predicted octanol–water partition coefficient (Wildman–Crippen LogP) is 2.01. The van der Waals surface area contributed by atoms with Gasteiger partial charge in [-0.3, -0.25) is 14.2 Å². The van der Waals surface area contributed by atoms with E-state index in [2.05, 4.69) is 20.6 Å². The number of benzene rings is 2. The maximum Gasteiger partial charge on any atom is 0.284 e. The molecule has 2 aromatic heterocycles. The van der Waals surface area contributed by atoms with E-state index >= 15 is 0 Å². The van der Waals surface area contributed by atoms with E-state index in [1.807, 2.05) is 37.3 Å². The molecule has 0 atom stereocenters. The van der Waals surface area contributed by atoms with Gasteiger partial charge in [-0.1, -0.05) is 23.4 Å². The summed E-state index contributed by atoms with van der Waals surface area (Å²) in [5.74, 6) is 0.366. The van der Waals surface area contributed by atoms with Crippen LogP contribution in [0.1, 0.15) is 6.92 Å². The fourth-order valence-electron chi connectivity index (χ4n) is 2.86. The monoisotopic (exact) mass is 390 g/mol.